The fraction of sp³-hybridized carbons (Fsp3) is 0.721. The number of carbonyl (C=O) groups is 3. The van der Waals surface area contributed by atoms with Gasteiger partial charge in [0, 0.05) is 19.3 Å². The maximum Gasteiger partial charge on any atom is 0.306 e. The Labute approximate surface area is 414 Å². The molecule has 1 atom stereocenters. The lowest BCUT2D eigenvalue weighted by atomic mass is 10.1. The lowest BCUT2D eigenvalue weighted by Gasteiger charge is -2.18. The zero-order valence-corrected chi connectivity index (χ0v) is 43.9. The van der Waals surface area contributed by atoms with E-state index in [0.29, 0.717) is 19.3 Å². The summed E-state index contributed by atoms with van der Waals surface area (Å²) in [5, 5.41) is 0. The number of esters is 3. The van der Waals surface area contributed by atoms with Gasteiger partial charge in [0.1, 0.15) is 13.2 Å². The van der Waals surface area contributed by atoms with Crippen molar-refractivity contribution < 1.29 is 28.6 Å². The lowest BCUT2D eigenvalue weighted by Crippen LogP contribution is -2.30. The molecule has 0 amide bonds. The average molecular weight is 933 g/mol. The first kappa shape index (κ1) is 63.6. The molecular formula is C61H104O6. The molecule has 1 unspecified atom stereocenters. The van der Waals surface area contributed by atoms with Crippen molar-refractivity contribution in [2.45, 2.75) is 271 Å². The lowest BCUT2D eigenvalue weighted by molar-refractivity contribution is -0.167. The number of allylic oxidation sites excluding steroid dienone is 14. The summed E-state index contributed by atoms with van der Waals surface area (Å²) in [5.41, 5.74) is 0. The highest BCUT2D eigenvalue weighted by molar-refractivity contribution is 5.71. The number of ether oxygens (including phenoxy) is 3. The molecule has 0 fully saturated rings. The fourth-order valence-electron chi connectivity index (χ4n) is 7.63. The molecule has 0 heterocycles. The Morgan fingerprint density at radius 1 is 0.313 bits per heavy atom. The molecule has 0 spiro atoms. The molecule has 0 aromatic heterocycles. The van der Waals surface area contributed by atoms with Crippen molar-refractivity contribution >= 4 is 17.9 Å². The molecule has 0 N–H and O–H groups in total. The molecule has 6 nitrogen and oxygen atoms in total. The van der Waals surface area contributed by atoms with E-state index in [1.807, 2.05) is 0 Å². The first-order valence-electron chi connectivity index (χ1n) is 28.1. The van der Waals surface area contributed by atoms with Gasteiger partial charge in [-0.2, -0.15) is 0 Å². The Morgan fingerprint density at radius 3 is 0.970 bits per heavy atom. The minimum absolute atomic E-state index is 0.0978. The number of carbonyl (C=O) groups excluding carboxylic acids is 3. The van der Waals surface area contributed by atoms with E-state index in [1.165, 1.54) is 116 Å². The van der Waals surface area contributed by atoms with Crippen molar-refractivity contribution in [3.8, 4) is 0 Å². The Kier molecular flexibility index (Phi) is 52.4. The first-order chi connectivity index (χ1) is 33.0. The zero-order valence-electron chi connectivity index (χ0n) is 43.9. The van der Waals surface area contributed by atoms with E-state index < -0.39 is 6.10 Å². The van der Waals surface area contributed by atoms with Gasteiger partial charge in [0.05, 0.1) is 0 Å². The molecule has 0 aliphatic rings. The molecule has 6 heteroatoms. The van der Waals surface area contributed by atoms with Crippen LogP contribution < -0.4 is 0 Å². The minimum Gasteiger partial charge on any atom is -0.462 e. The summed E-state index contributed by atoms with van der Waals surface area (Å²) in [7, 11) is 0. The van der Waals surface area contributed by atoms with Gasteiger partial charge in [0.2, 0.25) is 0 Å². The molecular weight excluding hydrogens is 829 g/mol. The SMILES string of the molecule is CC/C=C\C/C=C\C/C=C\C/C=C\CCCCC(=O)OCC(COC(=O)CCCCCCCCC/C=C\CCCCCCCCC)OC(=O)CCCCCCC/C=C\C/C=C\CCCCCC. The summed E-state index contributed by atoms with van der Waals surface area (Å²) in [5.74, 6) is -0.955. The van der Waals surface area contributed by atoms with Crippen molar-refractivity contribution in [1.29, 1.82) is 0 Å². The topological polar surface area (TPSA) is 78.9 Å². The predicted octanol–water partition coefficient (Wildman–Crippen LogP) is 18.8. The van der Waals surface area contributed by atoms with Crippen LogP contribution in [0.15, 0.2) is 85.1 Å². The van der Waals surface area contributed by atoms with Crippen molar-refractivity contribution in [3.05, 3.63) is 85.1 Å². The minimum atomic E-state index is -0.803. The van der Waals surface area contributed by atoms with E-state index in [2.05, 4.69) is 106 Å². The normalized spacial score (nSPS) is 12.7. The maximum absolute atomic E-state index is 12.8. The largest absolute Gasteiger partial charge is 0.462 e. The number of hydrogen-bond donors (Lipinski definition) is 0. The van der Waals surface area contributed by atoms with Gasteiger partial charge in [-0.3, -0.25) is 14.4 Å². The highest BCUT2D eigenvalue weighted by atomic mass is 16.6. The molecule has 67 heavy (non-hydrogen) atoms. The van der Waals surface area contributed by atoms with Gasteiger partial charge >= 0.3 is 17.9 Å². The molecule has 0 saturated carbocycles. The Balaban J connectivity index is 4.46. The Hall–Kier alpha value is -3.41. The molecule has 384 valence electrons. The molecule has 0 bridgehead atoms. The van der Waals surface area contributed by atoms with Gasteiger partial charge in [0.15, 0.2) is 6.10 Å². The smallest absolute Gasteiger partial charge is 0.306 e. The summed E-state index contributed by atoms with van der Waals surface area (Å²) in [4.78, 5) is 38.1. The highest BCUT2D eigenvalue weighted by Crippen LogP contribution is 2.14. The van der Waals surface area contributed by atoms with Crippen molar-refractivity contribution in [1.82, 2.24) is 0 Å². The number of rotatable bonds is 50. The number of hydrogen-bond acceptors (Lipinski definition) is 6. The van der Waals surface area contributed by atoms with Gasteiger partial charge < -0.3 is 14.2 Å². The number of unbranched alkanes of at least 4 members (excludes halogenated alkanes) is 25. The van der Waals surface area contributed by atoms with Crippen LogP contribution >= 0.6 is 0 Å². The van der Waals surface area contributed by atoms with Crippen LogP contribution in [0.1, 0.15) is 265 Å². The molecule has 0 aliphatic carbocycles. The van der Waals surface area contributed by atoms with Crippen LogP contribution in [0.25, 0.3) is 0 Å². The van der Waals surface area contributed by atoms with Crippen LogP contribution in [0, 0.1) is 0 Å². The second-order valence-corrected chi connectivity index (χ2v) is 18.5. The van der Waals surface area contributed by atoms with Crippen LogP contribution in [0.3, 0.4) is 0 Å². The summed E-state index contributed by atoms with van der Waals surface area (Å²) in [6.07, 6.45) is 71.4. The summed E-state index contributed by atoms with van der Waals surface area (Å²) < 4.78 is 16.8. The van der Waals surface area contributed by atoms with Gasteiger partial charge in [0.25, 0.3) is 0 Å². The quantitative estimate of drug-likeness (QED) is 0.0262. The third-order valence-corrected chi connectivity index (χ3v) is 11.9. The predicted molar refractivity (Wildman–Crippen MR) is 288 cm³/mol. The molecule has 0 aromatic rings. The average Bonchev–Trinajstić information content (AvgIpc) is 3.33. The summed E-state index contributed by atoms with van der Waals surface area (Å²) in [6, 6.07) is 0. The van der Waals surface area contributed by atoms with Gasteiger partial charge in [-0.1, -0.05) is 215 Å². The standard InChI is InChI=1S/C61H104O6/c1-4-7-10-13-16-19-22-25-28-30-31-34-36-39-42-45-48-51-54-60(63)66-57-58(56-65-59(62)53-50-47-44-41-38-35-32-27-24-21-18-15-12-9-6-3)67-61(64)55-52-49-46-43-40-37-33-29-26-23-20-17-14-11-8-5-2/h9,12,18,20-21,23,27-30,32-33,38,41,58H,4-8,10-11,13-17,19,22,24-26,31,34-37,39-40,42-57H2,1-3H3/b12-9-,21-18-,23-20-,30-28-,32-27-,33-29-,41-38-. The van der Waals surface area contributed by atoms with Crippen molar-refractivity contribution in [3.63, 3.8) is 0 Å². The van der Waals surface area contributed by atoms with Crippen LogP contribution in [-0.2, 0) is 28.6 Å². The van der Waals surface area contributed by atoms with Crippen LogP contribution in [0.2, 0.25) is 0 Å². The zero-order chi connectivity index (χ0) is 48.6. The van der Waals surface area contributed by atoms with Gasteiger partial charge in [-0.05, 0) is 116 Å². The Bertz CT molecular complexity index is 1300. The van der Waals surface area contributed by atoms with Gasteiger partial charge in [-0.25, -0.2) is 0 Å². The van der Waals surface area contributed by atoms with Crippen LogP contribution in [0.4, 0.5) is 0 Å². The van der Waals surface area contributed by atoms with E-state index in [9.17, 15) is 14.4 Å². The van der Waals surface area contributed by atoms with E-state index in [0.717, 1.165) is 109 Å². The fourth-order valence-corrected chi connectivity index (χ4v) is 7.63. The van der Waals surface area contributed by atoms with Crippen molar-refractivity contribution in [2.24, 2.45) is 0 Å². The monoisotopic (exact) mass is 933 g/mol. The molecule has 0 aliphatic heterocycles. The van der Waals surface area contributed by atoms with Crippen LogP contribution in [0.5, 0.6) is 0 Å². The van der Waals surface area contributed by atoms with E-state index in [-0.39, 0.29) is 31.1 Å². The first-order valence-corrected chi connectivity index (χ1v) is 28.1. The third-order valence-electron chi connectivity index (χ3n) is 11.9. The van der Waals surface area contributed by atoms with Gasteiger partial charge in [-0.15, -0.1) is 0 Å². The Morgan fingerprint density at radius 2 is 0.582 bits per heavy atom. The summed E-state index contributed by atoms with van der Waals surface area (Å²) >= 11 is 0. The highest BCUT2D eigenvalue weighted by Gasteiger charge is 2.19. The van der Waals surface area contributed by atoms with Crippen LogP contribution in [-0.4, -0.2) is 37.2 Å². The second-order valence-electron chi connectivity index (χ2n) is 18.5. The second kappa shape index (κ2) is 55.2. The molecule has 0 rings (SSSR count). The van der Waals surface area contributed by atoms with Crippen molar-refractivity contribution in [2.75, 3.05) is 13.2 Å². The third kappa shape index (κ3) is 53.4. The molecule has 0 saturated heterocycles. The summed E-state index contributed by atoms with van der Waals surface area (Å²) in [6.45, 7) is 6.46. The molecule has 0 radical (unpaired) electrons. The molecule has 0 aromatic carbocycles. The van der Waals surface area contributed by atoms with E-state index in [4.69, 9.17) is 14.2 Å². The maximum atomic E-state index is 12.8. The van der Waals surface area contributed by atoms with E-state index in [1.54, 1.807) is 0 Å². The van der Waals surface area contributed by atoms with E-state index >= 15 is 0 Å².